The molecule has 1 heterocycles. The molecule has 208 valence electrons. The first-order valence-corrected chi connectivity index (χ1v) is 15.3. The molecule has 1 aromatic heterocycles. The Balaban J connectivity index is 1.86. The van der Waals surface area contributed by atoms with Crippen LogP contribution in [0, 0.1) is 23.2 Å². The van der Waals surface area contributed by atoms with Crippen LogP contribution in [0.5, 0.6) is 5.75 Å². The molecule has 39 heavy (non-hydrogen) atoms. The zero-order chi connectivity index (χ0) is 28.9. The number of aromatic nitrogens is 1. The van der Waals surface area contributed by atoms with Crippen LogP contribution in [0.25, 0.3) is 0 Å². The molecule has 1 saturated carbocycles. The van der Waals surface area contributed by atoms with Crippen LogP contribution in [0.15, 0.2) is 53.6 Å². The largest absolute Gasteiger partial charge is 0.431 e. The van der Waals surface area contributed by atoms with Gasteiger partial charge in [0.2, 0.25) is 5.91 Å². The third kappa shape index (κ3) is 8.45. The number of nitrogens with zero attached hydrogens (tertiary/aromatic N) is 2. The summed E-state index contributed by atoms with van der Waals surface area (Å²) in [4.78, 5) is 16.9. The van der Waals surface area contributed by atoms with Crippen molar-refractivity contribution in [3.05, 3.63) is 54.4 Å². The van der Waals surface area contributed by atoms with E-state index in [4.69, 9.17) is 4.74 Å². The predicted octanol–water partition coefficient (Wildman–Crippen LogP) is 1.59. The number of hydrogen-bond donors (Lipinski definition) is 2. The van der Waals surface area contributed by atoms with E-state index in [-0.39, 0.29) is 16.3 Å². The molecular formula is C25H26F2N4O6S2. The van der Waals surface area contributed by atoms with E-state index in [2.05, 4.69) is 27.5 Å². The summed E-state index contributed by atoms with van der Waals surface area (Å²) in [6.07, 6.45) is -1.07. The van der Waals surface area contributed by atoms with Crippen LogP contribution < -0.4 is 15.4 Å². The van der Waals surface area contributed by atoms with Crippen molar-refractivity contribution in [2.75, 3.05) is 12.0 Å². The molecule has 1 aromatic carbocycles. The highest BCUT2D eigenvalue weighted by Gasteiger charge is 2.48. The molecule has 1 amide bonds. The van der Waals surface area contributed by atoms with Gasteiger partial charge >= 0.3 is 6.11 Å². The highest BCUT2D eigenvalue weighted by molar-refractivity contribution is 7.91. The van der Waals surface area contributed by atoms with Gasteiger partial charge in [0.1, 0.15) is 17.3 Å². The molecule has 2 N–H and O–H groups in total. The van der Waals surface area contributed by atoms with Crippen LogP contribution >= 0.6 is 0 Å². The summed E-state index contributed by atoms with van der Waals surface area (Å²) in [5.41, 5.74) is -0.989. The van der Waals surface area contributed by atoms with Crippen LogP contribution in [-0.4, -0.2) is 63.5 Å². The van der Waals surface area contributed by atoms with Gasteiger partial charge in [0.15, 0.2) is 25.7 Å². The molecule has 0 spiro atoms. The predicted molar refractivity (Wildman–Crippen MR) is 137 cm³/mol. The fraction of sp³-hybridized carbons (Fsp3) is 0.400. The average molecular weight is 581 g/mol. The third-order valence-corrected chi connectivity index (χ3v) is 8.36. The zero-order valence-electron chi connectivity index (χ0n) is 21.0. The van der Waals surface area contributed by atoms with Gasteiger partial charge in [-0.2, -0.15) is 14.0 Å². The lowest BCUT2D eigenvalue weighted by Gasteiger charge is -2.28. The number of nitriles is 1. The zero-order valence-corrected chi connectivity index (χ0v) is 22.7. The minimum absolute atomic E-state index is 0.109. The number of alkyl halides is 2. The minimum atomic E-state index is -4.09. The Bertz CT molecular complexity index is 1510. The normalized spacial score (nSPS) is 16.1. The van der Waals surface area contributed by atoms with Gasteiger partial charge in [-0.05, 0) is 56.2 Å². The number of hydrogen-bond acceptors (Lipinski definition) is 9. The van der Waals surface area contributed by atoms with E-state index in [0.717, 1.165) is 30.5 Å². The smallest absolute Gasteiger partial charge is 0.425 e. The number of pyridine rings is 1. The van der Waals surface area contributed by atoms with Crippen LogP contribution in [0.4, 0.5) is 8.78 Å². The molecule has 2 aromatic rings. The summed E-state index contributed by atoms with van der Waals surface area (Å²) in [6, 6.07) is 6.94. The van der Waals surface area contributed by atoms with Crippen LogP contribution in [0.1, 0.15) is 25.5 Å². The minimum Gasteiger partial charge on any atom is -0.431 e. The maximum atomic E-state index is 15.3. The SMILES string of the molecule is CC#C[C@H](N[C@@H](CS(=O)(=O)Cc1ccccn1)C(=O)NC1(C#N)CC1)C(F)(F)Oc1ccc(S(C)(=O)=O)cc1. The molecule has 14 heteroatoms. The first-order valence-electron chi connectivity index (χ1n) is 11.6. The number of carbonyl (C=O) groups is 1. The van der Waals surface area contributed by atoms with Crippen molar-refractivity contribution in [3.63, 3.8) is 0 Å². The van der Waals surface area contributed by atoms with Crippen molar-refractivity contribution < 1.29 is 35.1 Å². The molecule has 2 atom stereocenters. The highest BCUT2D eigenvalue weighted by atomic mass is 32.2. The van der Waals surface area contributed by atoms with Gasteiger partial charge in [-0.15, -0.1) is 5.92 Å². The molecule has 1 fully saturated rings. The van der Waals surface area contributed by atoms with Crippen molar-refractivity contribution in [2.24, 2.45) is 0 Å². The van der Waals surface area contributed by atoms with Gasteiger partial charge in [0, 0.05) is 12.5 Å². The number of carbonyl (C=O) groups excluding carboxylic acids is 1. The first-order chi connectivity index (χ1) is 18.2. The first kappa shape index (κ1) is 30.0. The lowest BCUT2D eigenvalue weighted by Crippen LogP contribution is -2.59. The highest BCUT2D eigenvalue weighted by Crippen LogP contribution is 2.34. The Morgan fingerprint density at radius 1 is 1.18 bits per heavy atom. The van der Waals surface area contributed by atoms with Crippen LogP contribution in [0.2, 0.25) is 0 Å². The average Bonchev–Trinajstić information content (AvgIpc) is 3.62. The van der Waals surface area contributed by atoms with Crippen LogP contribution in [-0.2, 0) is 30.2 Å². The van der Waals surface area contributed by atoms with E-state index in [1.165, 1.54) is 19.2 Å². The monoisotopic (exact) mass is 580 g/mol. The Hall–Kier alpha value is -3.59. The maximum absolute atomic E-state index is 15.3. The van der Waals surface area contributed by atoms with E-state index >= 15 is 8.78 Å². The van der Waals surface area contributed by atoms with E-state index < -0.39 is 60.8 Å². The Kier molecular flexibility index (Phi) is 8.95. The quantitative estimate of drug-likeness (QED) is 0.356. The summed E-state index contributed by atoms with van der Waals surface area (Å²) < 4.78 is 84.4. The van der Waals surface area contributed by atoms with Gasteiger partial charge in [0.25, 0.3) is 0 Å². The third-order valence-electron chi connectivity index (χ3n) is 5.66. The van der Waals surface area contributed by atoms with Crippen molar-refractivity contribution in [2.45, 2.75) is 54.1 Å². The standard InChI is InChI=1S/C25H26F2N4O6S2/c1-3-6-22(25(26,27)37-19-8-10-20(11-9-19)38(2,33)34)30-21(23(32)31-24(17-28)12-13-24)16-39(35,36)15-18-7-4-5-14-29-18/h4-5,7-11,14,21-22,30H,12-13,15-16H2,1-2H3,(H,31,32)/t21-,22-/m0/s1. The molecule has 0 saturated heterocycles. The summed E-state index contributed by atoms with van der Waals surface area (Å²) in [6.45, 7) is 1.27. The molecular weight excluding hydrogens is 554 g/mol. The molecule has 0 unspecified atom stereocenters. The number of rotatable bonds is 12. The number of sulfone groups is 2. The Labute approximate surface area is 225 Å². The second-order valence-corrected chi connectivity index (χ2v) is 13.1. The Morgan fingerprint density at radius 2 is 1.85 bits per heavy atom. The fourth-order valence-electron chi connectivity index (χ4n) is 3.47. The number of ether oxygens (including phenoxy) is 1. The van der Waals surface area contributed by atoms with E-state index in [9.17, 15) is 26.9 Å². The van der Waals surface area contributed by atoms with Gasteiger partial charge in [-0.25, -0.2) is 16.8 Å². The van der Waals surface area contributed by atoms with E-state index in [1.54, 1.807) is 12.1 Å². The van der Waals surface area contributed by atoms with Gasteiger partial charge in [-0.1, -0.05) is 12.0 Å². The van der Waals surface area contributed by atoms with Gasteiger partial charge < -0.3 is 10.1 Å². The topological polar surface area (TPSA) is 155 Å². The lowest BCUT2D eigenvalue weighted by atomic mass is 10.2. The van der Waals surface area contributed by atoms with Crippen LogP contribution in [0.3, 0.4) is 0 Å². The summed E-state index contributed by atoms with van der Waals surface area (Å²) in [5.74, 6) is 1.73. The molecule has 1 aliphatic carbocycles. The molecule has 0 radical (unpaired) electrons. The summed E-state index contributed by atoms with van der Waals surface area (Å²) in [7, 11) is -7.64. The molecule has 0 aliphatic heterocycles. The number of benzene rings is 1. The maximum Gasteiger partial charge on any atom is 0.425 e. The second kappa shape index (κ2) is 11.7. The van der Waals surface area contributed by atoms with Gasteiger partial charge in [-0.3, -0.25) is 15.1 Å². The second-order valence-electron chi connectivity index (χ2n) is 9.01. The summed E-state index contributed by atoms with van der Waals surface area (Å²) >= 11 is 0. The van der Waals surface area contributed by atoms with E-state index in [1.807, 2.05) is 6.07 Å². The number of nitrogens with one attached hydrogen (secondary N) is 2. The van der Waals surface area contributed by atoms with E-state index in [0.29, 0.717) is 12.8 Å². The molecule has 1 aliphatic rings. The molecule has 0 bridgehead atoms. The summed E-state index contributed by atoms with van der Waals surface area (Å²) in [5, 5.41) is 14.1. The molecule has 10 nitrogen and oxygen atoms in total. The number of halogens is 2. The lowest BCUT2D eigenvalue weighted by molar-refractivity contribution is -0.188. The van der Waals surface area contributed by atoms with Crippen molar-refractivity contribution >= 4 is 25.6 Å². The van der Waals surface area contributed by atoms with Crippen molar-refractivity contribution in [1.29, 1.82) is 5.26 Å². The van der Waals surface area contributed by atoms with Crippen molar-refractivity contribution in [1.82, 2.24) is 15.6 Å². The van der Waals surface area contributed by atoms with Crippen molar-refractivity contribution in [3.8, 4) is 23.7 Å². The number of amides is 1. The van der Waals surface area contributed by atoms with Gasteiger partial charge in [0.05, 0.1) is 28.2 Å². The fourth-order valence-corrected chi connectivity index (χ4v) is 5.60. The Morgan fingerprint density at radius 3 is 2.36 bits per heavy atom. The molecule has 3 rings (SSSR count).